The van der Waals surface area contributed by atoms with Gasteiger partial charge in [-0.15, -0.1) is 11.3 Å². The Morgan fingerprint density at radius 2 is 2.29 bits per heavy atom. The summed E-state index contributed by atoms with van der Waals surface area (Å²) >= 11 is 8.16. The summed E-state index contributed by atoms with van der Waals surface area (Å²) in [6.07, 6.45) is -0.180. The van der Waals surface area contributed by atoms with E-state index in [9.17, 15) is 4.79 Å². The summed E-state index contributed by atoms with van der Waals surface area (Å²) in [7, 11) is 0. The summed E-state index contributed by atoms with van der Waals surface area (Å²) in [5, 5.41) is 10.8. The smallest absolute Gasteiger partial charge is 0.306 e. The van der Waals surface area contributed by atoms with E-state index in [1.54, 1.807) is 11.3 Å². The molecule has 2 aromatic rings. The van der Waals surface area contributed by atoms with Gasteiger partial charge >= 0.3 is 5.97 Å². The third-order valence-electron chi connectivity index (χ3n) is 3.59. The van der Waals surface area contributed by atoms with Gasteiger partial charge in [0.15, 0.2) is 0 Å². The minimum atomic E-state index is -0.818. The summed E-state index contributed by atoms with van der Waals surface area (Å²) < 4.78 is 6.68. The zero-order valence-corrected chi connectivity index (χ0v) is 13.0. The van der Waals surface area contributed by atoms with E-state index >= 15 is 0 Å². The number of rotatable bonds is 4. The van der Waals surface area contributed by atoms with Gasteiger partial charge in [-0.25, -0.2) is 0 Å². The molecule has 0 amide bonds. The van der Waals surface area contributed by atoms with Crippen LogP contribution < -0.4 is 0 Å². The minimum Gasteiger partial charge on any atom is -0.481 e. The first-order valence-corrected chi connectivity index (χ1v) is 8.04. The third kappa shape index (κ3) is 3.37. The van der Waals surface area contributed by atoms with Crippen molar-refractivity contribution in [1.82, 2.24) is 4.90 Å². The fraction of sp³-hybridized carbons (Fsp3) is 0.400. The predicted molar refractivity (Wildman–Crippen MR) is 84.1 cm³/mol. The van der Waals surface area contributed by atoms with E-state index in [0.29, 0.717) is 13.2 Å². The monoisotopic (exact) mass is 325 g/mol. The molecule has 0 aliphatic carbocycles. The Morgan fingerprint density at radius 1 is 1.48 bits per heavy atom. The number of hydrogen-bond donors (Lipinski definition) is 1. The quantitative estimate of drug-likeness (QED) is 0.937. The van der Waals surface area contributed by atoms with Gasteiger partial charge in [-0.3, -0.25) is 9.69 Å². The Hall–Kier alpha value is -1.14. The Bertz CT molecular complexity index is 657. The zero-order valence-electron chi connectivity index (χ0n) is 11.4. The highest BCUT2D eigenvalue weighted by Crippen LogP contribution is 2.36. The Morgan fingerprint density at radius 3 is 3.05 bits per heavy atom. The van der Waals surface area contributed by atoms with Crippen LogP contribution in [-0.4, -0.2) is 41.8 Å². The van der Waals surface area contributed by atoms with Crippen LogP contribution in [0.25, 0.3) is 10.1 Å². The highest BCUT2D eigenvalue weighted by atomic mass is 35.5. The van der Waals surface area contributed by atoms with Crippen molar-refractivity contribution in [3.8, 4) is 0 Å². The van der Waals surface area contributed by atoms with E-state index in [-0.39, 0.29) is 12.5 Å². The number of thiophene rings is 1. The molecule has 3 rings (SSSR count). The number of fused-ring (bicyclic) bond motifs is 1. The van der Waals surface area contributed by atoms with Crippen molar-refractivity contribution in [2.45, 2.75) is 19.1 Å². The number of hydrogen-bond acceptors (Lipinski definition) is 4. The average molecular weight is 326 g/mol. The van der Waals surface area contributed by atoms with Crippen molar-refractivity contribution in [2.75, 3.05) is 19.7 Å². The molecular formula is C15H16ClNO3S. The molecule has 1 aliphatic heterocycles. The number of aliphatic carboxylic acids is 1. The van der Waals surface area contributed by atoms with Crippen molar-refractivity contribution >= 4 is 39.0 Å². The van der Waals surface area contributed by atoms with Gasteiger partial charge in [0.25, 0.3) is 0 Å². The maximum atomic E-state index is 10.8. The molecule has 1 aromatic heterocycles. The number of carboxylic acids is 1. The van der Waals surface area contributed by atoms with Crippen molar-refractivity contribution in [2.24, 2.45) is 0 Å². The Balaban J connectivity index is 1.72. The second-order valence-electron chi connectivity index (χ2n) is 5.16. The summed E-state index contributed by atoms with van der Waals surface area (Å²) in [6, 6.07) is 8.10. The highest BCUT2D eigenvalue weighted by molar-refractivity contribution is 7.19. The molecular weight excluding hydrogens is 310 g/mol. The number of morpholine rings is 1. The topological polar surface area (TPSA) is 49.8 Å². The summed E-state index contributed by atoms with van der Waals surface area (Å²) in [5.41, 5.74) is 0. The Labute approximate surface area is 131 Å². The molecule has 1 atom stereocenters. The van der Waals surface area contributed by atoms with Gasteiger partial charge in [0, 0.05) is 34.6 Å². The van der Waals surface area contributed by atoms with Crippen LogP contribution in [0.3, 0.4) is 0 Å². The highest BCUT2D eigenvalue weighted by Gasteiger charge is 2.24. The van der Waals surface area contributed by atoms with E-state index in [1.807, 2.05) is 18.2 Å². The van der Waals surface area contributed by atoms with Crippen LogP contribution >= 0.6 is 22.9 Å². The first-order chi connectivity index (χ1) is 10.1. The number of ether oxygens (including phenoxy) is 1. The molecule has 112 valence electrons. The van der Waals surface area contributed by atoms with Gasteiger partial charge < -0.3 is 9.84 Å². The van der Waals surface area contributed by atoms with Crippen LogP contribution in [0.4, 0.5) is 0 Å². The van der Waals surface area contributed by atoms with E-state index < -0.39 is 5.97 Å². The predicted octanol–water partition coefficient (Wildman–Crippen LogP) is 3.23. The lowest BCUT2D eigenvalue weighted by Crippen LogP contribution is -2.42. The third-order valence-corrected chi connectivity index (χ3v) is 5.29. The molecule has 0 saturated carbocycles. The number of nitrogens with zero attached hydrogens (tertiary/aromatic N) is 1. The first kappa shape index (κ1) is 14.8. The maximum absolute atomic E-state index is 10.8. The van der Waals surface area contributed by atoms with Crippen LogP contribution in [0.1, 0.15) is 11.3 Å². The van der Waals surface area contributed by atoms with Crippen LogP contribution in [-0.2, 0) is 16.1 Å². The van der Waals surface area contributed by atoms with Crippen LogP contribution in [0.2, 0.25) is 5.02 Å². The normalized spacial score (nSPS) is 20.0. The van der Waals surface area contributed by atoms with Crippen LogP contribution in [0, 0.1) is 0 Å². The molecule has 1 saturated heterocycles. The second kappa shape index (κ2) is 6.32. The van der Waals surface area contributed by atoms with Crippen molar-refractivity contribution in [3.05, 3.63) is 34.2 Å². The van der Waals surface area contributed by atoms with Crippen molar-refractivity contribution in [3.63, 3.8) is 0 Å². The number of benzene rings is 1. The van der Waals surface area contributed by atoms with Crippen molar-refractivity contribution in [1.29, 1.82) is 0 Å². The molecule has 1 aliphatic rings. The average Bonchev–Trinajstić information content (AvgIpc) is 2.76. The fourth-order valence-corrected chi connectivity index (χ4v) is 4.15. The number of carbonyl (C=O) groups is 1. The van der Waals surface area contributed by atoms with Crippen LogP contribution in [0.15, 0.2) is 24.3 Å². The van der Waals surface area contributed by atoms with E-state index in [4.69, 9.17) is 21.4 Å². The van der Waals surface area contributed by atoms with Crippen molar-refractivity contribution < 1.29 is 14.6 Å². The van der Waals surface area contributed by atoms with Gasteiger partial charge in [-0.2, -0.15) is 0 Å². The fourth-order valence-electron chi connectivity index (χ4n) is 2.61. The molecule has 0 radical (unpaired) electrons. The minimum absolute atomic E-state index is 0.0522. The zero-order chi connectivity index (χ0) is 14.8. The first-order valence-electron chi connectivity index (χ1n) is 6.85. The molecule has 0 bridgehead atoms. The molecule has 21 heavy (non-hydrogen) atoms. The summed E-state index contributed by atoms with van der Waals surface area (Å²) in [6.45, 7) is 2.76. The van der Waals surface area contributed by atoms with Gasteiger partial charge in [0.2, 0.25) is 0 Å². The lowest BCUT2D eigenvalue weighted by atomic mass is 10.2. The van der Waals surface area contributed by atoms with Gasteiger partial charge in [-0.1, -0.05) is 29.8 Å². The molecule has 1 fully saturated rings. The largest absolute Gasteiger partial charge is 0.481 e. The maximum Gasteiger partial charge on any atom is 0.306 e. The van der Waals surface area contributed by atoms with Gasteiger partial charge in [0.05, 0.1) is 24.2 Å². The molecule has 1 unspecified atom stereocenters. The lowest BCUT2D eigenvalue weighted by Gasteiger charge is -2.31. The summed E-state index contributed by atoms with van der Waals surface area (Å²) in [4.78, 5) is 14.1. The summed E-state index contributed by atoms with van der Waals surface area (Å²) in [5.74, 6) is -0.818. The van der Waals surface area contributed by atoms with E-state index in [0.717, 1.165) is 28.4 Å². The molecule has 2 heterocycles. The number of carboxylic acid groups (broad SMARTS) is 1. The molecule has 4 nitrogen and oxygen atoms in total. The van der Waals surface area contributed by atoms with Crippen LogP contribution in [0.5, 0.6) is 0 Å². The van der Waals surface area contributed by atoms with E-state index in [1.165, 1.54) is 4.70 Å². The number of halogens is 1. The molecule has 1 aromatic carbocycles. The molecule has 0 spiro atoms. The van der Waals surface area contributed by atoms with E-state index in [2.05, 4.69) is 11.0 Å². The standard InChI is InChI=1S/C15H16ClNO3S/c16-15-11-3-1-2-4-12(11)21-13(15)9-17-5-6-20-10(8-17)7-14(18)19/h1-4,10H,5-9H2,(H,18,19). The van der Waals surface area contributed by atoms with Gasteiger partial charge in [-0.05, 0) is 6.07 Å². The molecule has 1 N–H and O–H groups in total. The lowest BCUT2D eigenvalue weighted by molar-refractivity contribution is -0.142. The SMILES string of the molecule is O=C(O)CC1CN(Cc2sc3ccccc3c2Cl)CCO1. The Kier molecular flexibility index (Phi) is 4.45. The van der Waals surface area contributed by atoms with Gasteiger partial charge in [0.1, 0.15) is 0 Å². The second-order valence-corrected chi connectivity index (χ2v) is 6.68. The molecule has 6 heteroatoms.